The Morgan fingerprint density at radius 3 is 2.04 bits per heavy atom. The van der Waals surface area contributed by atoms with Crippen LogP contribution in [-0.2, 0) is 19.2 Å². The van der Waals surface area contributed by atoms with E-state index in [0.717, 1.165) is 0 Å². The van der Waals surface area contributed by atoms with Gasteiger partial charge in [-0.15, -0.1) is 0 Å². The maximum absolute atomic E-state index is 12.5. The second kappa shape index (κ2) is 13.6. The number of nitrogens with one attached hydrogen (secondary N) is 3. The van der Waals surface area contributed by atoms with Crippen molar-refractivity contribution in [3.63, 3.8) is 0 Å². The maximum Gasteiger partial charge on any atom is 0.328 e. The summed E-state index contributed by atoms with van der Waals surface area (Å²) in [6, 6.07) is -4.96. The number of hydrogen-bond donors (Lipinski definition) is 8. The molecule has 0 aliphatic carbocycles. The van der Waals surface area contributed by atoms with Gasteiger partial charge in [0.05, 0.1) is 12.7 Å². The molecule has 0 radical (unpaired) electrons. The Balaban J connectivity index is 5.13. The predicted molar refractivity (Wildman–Crippen MR) is 107 cm³/mol. The summed E-state index contributed by atoms with van der Waals surface area (Å²) in [5, 5.41) is 34.3. The maximum atomic E-state index is 12.5. The molecule has 0 saturated carbocycles. The Bertz CT molecular complexity index is 550. The monoisotopic (exact) mass is 440 g/mol. The van der Waals surface area contributed by atoms with Crippen LogP contribution in [0.2, 0.25) is 0 Å². The second-order valence-corrected chi connectivity index (χ2v) is 7.29. The number of aliphatic carboxylic acids is 1. The molecule has 0 aliphatic heterocycles. The first-order chi connectivity index (χ1) is 13.1. The van der Waals surface area contributed by atoms with Crippen molar-refractivity contribution in [2.75, 3.05) is 24.4 Å². The fourth-order valence-electron chi connectivity index (χ4n) is 1.98. The van der Waals surface area contributed by atoms with Gasteiger partial charge in [-0.05, 0) is 25.4 Å². The van der Waals surface area contributed by atoms with Crippen molar-refractivity contribution in [3.8, 4) is 0 Å². The second-order valence-electron chi connectivity index (χ2n) is 5.94. The highest BCUT2D eigenvalue weighted by molar-refractivity contribution is 7.98. The SMILES string of the molecule is CSCCC(NC(=O)C(N)CO)C(=O)NC(CS)C(=O)NC(C(=O)O)C(C)O. The standard InChI is InChI=1S/C15H28N4O7S2/c1-7(21)11(15(25)26)19-14(24)10(6-27)18-13(23)9(3-4-28-2)17-12(22)8(16)5-20/h7-11,20-21,27H,3-6,16H2,1-2H3,(H,17,22)(H,18,23)(H,19,24)(H,25,26). The number of carboxylic acid groups (broad SMARTS) is 1. The molecule has 0 fully saturated rings. The predicted octanol–water partition coefficient (Wildman–Crippen LogP) is -3.09. The van der Waals surface area contributed by atoms with Crippen LogP contribution in [0.15, 0.2) is 0 Å². The Hall–Kier alpha value is -1.54. The Labute approximate surface area is 172 Å². The third kappa shape index (κ3) is 9.10. The van der Waals surface area contributed by atoms with Gasteiger partial charge >= 0.3 is 5.97 Å². The number of aliphatic hydroxyl groups is 2. The number of aliphatic hydroxyl groups excluding tert-OH is 2. The van der Waals surface area contributed by atoms with E-state index >= 15 is 0 Å². The minimum atomic E-state index is -1.55. The lowest BCUT2D eigenvalue weighted by Crippen LogP contribution is -2.59. The molecule has 0 spiro atoms. The highest BCUT2D eigenvalue weighted by atomic mass is 32.2. The van der Waals surface area contributed by atoms with E-state index in [0.29, 0.717) is 5.75 Å². The summed E-state index contributed by atoms with van der Waals surface area (Å²) in [5.41, 5.74) is 5.43. The number of carboxylic acids is 1. The minimum absolute atomic E-state index is 0.150. The van der Waals surface area contributed by atoms with E-state index < -0.39 is 60.6 Å². The van der Waals surface area contributed by atoms with E-state index in [9.17, 15) is 24.3 Å². The van der Waals surface area contributed by atoms with Crippen molar-refractivity contribution in [2.24, 2.45) is 5.73 Å². The average molecular weight is 441 g/mol. The minimum Gasteiger partial charge on any atom is -0.480 e. The lowest BCUT2D eigenvalue weighted by Gasteiger charge is -2.24. The van der Waals surface area contributed by atoms with Crippen LogP contribution in [0.4, 0.5) is 0 Å². The molecule has 28 heavy (non-hydrogen) atoms. The zero-order valence-electron chi connectivity index (χ0n) is 15.6. The topological polar surface area (TPSA) is 191 Å². The molecule has 0 saturated heterocycles. The molecule has 162 valence electrons. The first-order valence-electron chi connectivity index (χ1n) is 8.37. The number of nitrogens with two attached hydrogens (primary N) is 1. The van der Waals surface area contributed by atoms with Crippen LogP contribution < -0.4 is 21.7 Å². The molecule has 8 N–H and O–H groups in total. The molecule has 0 aromatic heterocycles. The van der Waals surface area contributed by atoms with Gasteiger partial charge in [0, 0.05) is 5.75 Å². The van der Waals surface area contributed by atoms with Crippen LogP contribution in [0.1, 0.15) is 13.3 Å². The van der Waals surface area contributed by atoms with E-state index in [1.54, 1.807) is 0 Å². The number of thiol groups is 1. The van der Waals surface area contributed by atoms with Crippen molar-refractivity contribution in [2.45, 2.75) is 43.6 Å². The van der Waals surface area contributed by atoms with E-state index in [1.807, 2.05) is 6.26 Å². The van der Waals surface area contributed by atoms with Gasteiger partial charge < -0.3 is 37.0 Å². The molecular formula is C15H28N4O7S2. The van der Waals surface area contributed by atoms with E-state index in [1.165, 1.54) is 18.7 Å². The van der Waals surface area contributed by atoms with Crippen LogP contribution >= 0.6 is 24.4 Å². The van der Waals surface area contributed by atoms with Crippen LogP contribution in [0.3, 0.4) is 0 Å². The number of thioether (sulfide) groups is 1. The normalized spacial score (nSPS) is 16.2. The highest BCUT2D eigenvalue weighted by Gasteiger charge is 2.31. The number of carbonyl (C=O) groups is 4. The summed E-state index contributed by atoms with van der Waals surface area (Å²) in [5.74, 6) is -3.33. The fraction of sp³-hybridized carbons (Fsp3) is 0.733. The number of hydrogen-bond acceptors (Lipinski definition) is 9. The molecule has 0 aromatic carbocycles. The van der Waals surface area contributed by atoms with E-state index in [4.69, 9.17) is 15.9 Å². The Morgan fingerprint density at radius 2 is 1.61 bits per heavy atom. The van der Waals surface area contributed by atoms with Crippen LogP contribution in [0, 0.1) is 0 Å². The summed E-state index contributed by atoms with van der Waals surface area (Å²) >= 11 is 5.42. The van der Waals surface area contributed by atoms with Gasteiger partial charge in [0.15, 0.2) is 6.04 Å². The van der Waals surface area contributed by atoms with Crippen molar-refractivity contribution >= 4 is 48.1 Å². The molecular weight excluding hydrogens is 412 g/mol. The van der Waals surface area contributed by atoms with Gasteiger partial charge in [-0.3, -0.25) is 14.4 Å². The van der Waals surface area contributed by atoms with Gasteiger partial charge in [0.1, 0.15) is 18.1 Å². The summed E-state index contributed by atoms with van der Waals surface area (Å²) < 4.78 is 0. The largest absolute Gasteiger partial charge is 0.480 e. The van der Waals surface area contributed by atoms with E-state index in [-0.39, 0.29) is 12.2 Å². The quantitative estimate of drug-likeness (QED) is 0.137. The van der Waals surface area contributed by atoms with Crippen LogP contribution in [-0.4, -0.2) is 93.7 Å². The zero-order valence-corrected chi connectivity index (χ0v) is 17.3. The molecule has 5 unspecified atom stereocenters. The molecule has 0 aromatic rings. The van der Waals surface area contributed by atoms with Gasteiger partial charge in [0.25, 0.3) is 0 Å². The van der Waals surface area contributed by atoms with Gasteiger partial charge in [-0.1, -0.05) is 0 Å². The molecule has 13 heteroatoms. The first-order valence-corrected chi connectivity index (χ1v) is 10.4. The number of amides is 3. The zero-order chi connectivity index (χ0) is 21.9. The molecule has 0 aliphatic rings. The molecule has 0 heterocycles. The van der Waals surface area contributed by atoms with Gasteiger partial charge in [-0.25, -0.2) is 4.79 Å². The number of rotatable bonds is 13. The van der Waals surface area contributed by atoms with E-state index in [2.05, 4.69) is 28.6 Å². The lowest BCUT2D eigenvalue weighted by atomic mass is 10.1. The van der Waals surface area contributed by atoms with Crippen LogP contribution in [0.25, 0.3) is 0 Å². The Morgan fingerprint density at radius 1 is 1.07 bits per heavy atom. The van der Waals surface area contributed by atoms with Crippen molar-refractivity contribution in [3.05, 3.63) is 0 Å². The first kappa shape index (κ1) is 26.5. The summed E-state index contributed by atoms with van der Waals surface area (Å²) in [6.07, 6.45) is 0.692. The van der Waals surface area contributed by atoms with Gasteiger partial charge in [0.2, 0.25) is 17.7 Å². The fourth-order valence-corrected chi connectivity index (χ4v) is 2.70. The third-order valence-electron chi connectivity index (χ3n) is 3.64. The lowest BCUT2D eigenvalue weighted by molar-refractivity contribution is -0.145. The van der Waals surface area contributed by atoms with Gasteiger partial charge in [-0.2, -0.15) is 24.4 Å². The summed E-state index contributed by atoms with van der Waals surface area (Å²) in [6.45, 7) is 0.603. The van der Waals surface area contributed by atoms with Crippen molar-refractivity contribution in [1.82, 2.24) is 16.0 Å². The molecule has 0 bridgehead atoms. The number of carbonyl (C=O) groups excluding carboxylic acids is 3. The van der Waals surface area contributed by atoms with Crippen LogP contribution in [0.5, 0.6) is 0 Å². The smallest absolute Gasteiger partial charge is 0.328 e. The summed E-state index contributed by atoms with van der Waals surface area (Å²) in [7, 11) is 0. The molecule has 3 amide bonds. The molecule has 11 nitrogen and oxygen atoms in total. The Kier molecular flexibility index (Phi) is 12.9. The third-order valence-corrected chi connectivity index (χ3v) is 4.65. The average Bonchev–Trinajstić information content (AvgIpc) is 2.65. The van der Waals surface area contributed by atoms with Crippen molar-refractivity contribution < 1.29 is 34.5 Å². The highest BCUT2D eigenvalue weighted by Crippen LogP contribution is 2.03. The molecule has 0 rings (SSSR count). The summed E-state index contributed by atoms with van der Waals surface area (Å²) in [4.78, 5) is 47.7. The molecule has 5 atom stereocenters. The van der Waals surface area contributed by atoms with Crippen molar-refractivity contribution in [1.29, 1.82) is 0 Å².